The first kappa shape index (κ1) is 17.0. The number of amides is 2. The van der Waals surface area contributed by atoms with Gasteiger partial charge in [0.05, 0.1) is 0 Å². The summed E-state index contributed by atoms with van der Waals surface area (Å²) >= 11 is 0. The van der Waals surface area contributed by atoms with Crippen LogP contribution in [0.1, 0.15) is 16.1 Å². The molecule has 0 unspecified atom stereocenters. The molecule has 0 N–H and O–H groups in total. The van der Waals surface area contributed by atoms with Crippen molar-refractivity contribution in [3.05, 3.63) is 59.9 Å². The van der Waals surface area contributed by atoms with Crippen molar-refractivity contribution in [1.82, 2.24) is 14.8 Å². The molecule has 6 heteroatoms. The molecule has 1 aliphatic heterocycles. The molecule has 2 amide bonds. The monoisotopic (exact) mass is 338 g/mol. The second-order valence-corrected chi connectivity index (χ2v) is 6.17. The second-order valence-electron chi connectivity index (χ2n) is 6.17. The highest BCUT2D eigenvalue weighted by atomic mass is 16.2. The van der Waals surface area contributed by atoms with Crippen LogP contribution in [0, 0.1) is 0 Å². The third-order valence-electron chi connectivity index (χ3n) is 4.42. The Hall–Kier alpha value is -2.89. The molecule has 2 heterocycles. The summed E-state index contributed by atoms with van der Waals surface area (Å²) in [6, 6.07) is 13.9. The number of hydrogen-bond donors (Lipinski definition) is 0. The number of hydrogen-bond acceptors (Lipinski definition) is 4. The van der Waals surface area contributed by atoms with E-state index in [1.165, 1.54) is 5.56 Å². The number of benzene rings is 1. The van der Waals surface area contributed by atoms with Gasteiger partial charge in [-0.15, -0.1) is 0 Å². The summed E-state index contributed by atoms with van der Waals surface area (Å²) < 4.78 is 0. The van der Waals surface area contributed by atoms with E-state index < -0.39 is 0 Å². The number of rotatable bonds is 5. The Morgan fingerprint density at radius 3 is 2.56 bits per heavy atom. The van der Waals surface area contributed by atoms with Crippen LogP contribution >= 0.6 is 0 Å². The third-order valence-corrected chi connectivity index (χ3v) is 4.42. The maximum atomic E-state index is 12.7. The van der Waals surface area contributed by atoms with Crippen LogP contribution in [0.4, 0.5) is 5.69 Å². The van der Waals surface area contributed by atoms with Crippen molar-refractivity contribution in [2.45, 2.75) is 6.54 Å². The number of carbonyl (C=O) groups is 2. The Bertz CT molecular complexity index is 727. The van der Waals surface area contributed by atoms with Gasteiger partial charge in [0.25, 0.3) is 5.91 Å². The van der Waals surface area contributed by atoms with Crippen molar-refractivity contribution >= 4 is 18.0 Å². The molecule has 3 rings (SSSR count). The zero-order chi connectivity index (χ0) is 17.6. The summed E-state index contributed by atoms with van der Waals surface area (Å²) in [5.41, 5.74) is 2.60. The van der Waals surface area contributed by atoms with Gasteiger partial charge >= 0.3 is 0 Å². The van der Waals surface area contributed by atoms with E-state index in [1.54, 1.807) is 16.0 Å². The molecule has 1 aromatic carbocycles. The van der Waals surface area contributed by atoms with Crippen LogP contribution in [0.5, 0.6) is 0 Å². The molecule has 1 aliphatic rings. The van der Waals surface area contributed by atoms with Gasteiger partial charge in [0.2, 0.25) is 6.41 Å². The Labute approximate surface area is 147 Å². The van der Waals surface area contributed by atoms with E-state index in [2.05, 4.69) is 22.0 Å². The van der Waals surface area contributed by atoms with Crippen molar-refractivity contribution in [3.8, 4) is 0 Å². The molecule has 6 nitrogen and oxygen atoms in total. The Morgan fingerprint density at radius 1 is 1.16 bits per heavy atom. The van der Waals surface area contributed by atoms with Crippen molar-refractivity contribution < 1.29 is 9.59 Å². The third kappa shape index (κ3) is 4.15. The highest BCUT2D eigenvalue weighted by Crippen LogP contribution is 2.17. The minimum absolute atomic E-state index is 0.0829. The van der Waals surface area contributed by atoms with E-state index in [1.807, 2.05) is 37.4 Å². The van der Waals surface area contributed by atoms with Crippen molar-refractivity contribution in [3.63, 3.8) is 0 Å². The predicted octanol–water partition coefficient (Wildman–Crippen LogP) is 1.63. The van der Waals surface area contributed by atoms with Crippen LogP contribution in [-0.4, -0.2) is 60.3 Å². The smallest absolute Gasteiger partial charge is 0.272 e. The number of anilines is 1. The minimum atomic E-state index is -0.0829. The number of carbonyl (C=O) groups excluding carboxylic acids is 2. The Balaban J connectivity index is 1.68. The summed E-state index contributed by atoms with van der Waals surface area (Å²) in [6.45, 7) is 2.99. The largest absolute Gasteiger partial charge is 0.370 e. The molecule has 1 aromatic heterocycles. The SMILES string of the molecule is CN(Cc1ccccc1)c1ccnc(C(=O)N2CCN(C=O)CC2)c1. The molecule has 1 fully saturated rings. The molecule has 25 heavy (non-hydrogen) atoms. The minimum Gasteiger partial charge on any atom is -0.370 e. The maximum Gasteiger partial charge on any atom is 0.272 e. The standard InChI is InChI=1S/C19H22N4O2/c1-21(14-16-5-3-2-4-6-16)17-7-8-20-18(13-17)19(25)23-11-9-22(15-24)10-12-23/h2-8,13,15H,9-12,14H2,1H3. The van der Waals surface area contributed by atoms with E-state index in [0.29, 0.717) is 31.9 Å². The van der Waals surface area contributed by atoms with Crippen LogP contribution in [0.3, 0.4) is 0 Å². The first-order valence-corrected chi connectivity index (χ1v) is 8.37. The van der Waals surface area contributed by atoms with Gasteiger partial charge in [0, 0.05) is 51.7 Å². The van der Waals surface area contributed by atoms with Crippen LogP contribution in [0.25, 0.3) is 0 Å². The summed E-state index contributed by atoms with van der Waals surface area (Å²) in [5.74, 6) is -0.0829. The van der Waals surface area contributed by atoms with E-state index in [0.717, 1.165) is 18.6 Å². The molecular weight excluding hydrogens is 316 g/mol. The van der Waals surface area contributed by atoms with Crippen LogP contribution in [0.2, 0.25) is 0 Å². The average Bonchev–Trinajstić information content (AvgIpc) is 2.68. The van der Waals surface area contributed by atoms with Gasteiger partial charge in [-0.2, -0.15) is 0 Å². The summed E-state index contributed by atoms with van der Waals surface area (Å²) in [5, 5.41) is 0. The molecule has 0 saturated carbocycles. The van der Waals surface area contributed by atoms with Crippen LogP contribution < -0.4 is 4.90 Å². The number of piperazine rings is 1. The maximum absolute atomic E-state index is 12.7. The van der Waals surface area contributed by atoms with Gasteiger partial charge in [-0.3, -0.25) is 14.6 Å². The molecule has 0 aliphatic carbocycles. The molecule has 0 bridgehead atoms. The second kappa shape index (κ2) is 7.79. The Morgan fingerprint density at radius 2 is 1.88 bits per heavy atom. The molecule has 1 saturated heterocycles. The van der Waals surface area contributed by atoms with Gasteiger partial charge in [0.15, 0.2) is 0 Å². The van der Waals surface area contributed by atoms with E-state index in [-0.39, 0.29) is 5.91 Å². The number of aromatic nitrogens is 1. The van der Waals surface area contributed by atoms with E-state index in [9.17, 15) is 9.59 Å². The van der Waals surface area contributed by atoms with Crippen molar-refractivity contribution in [2.24, 2.45) is 0 Å². The molecule has 2 aromatic rings. The van der Waals surface area contributed by atoms with Gasteiger partial charge < -0.3 is 14.7 Å². The molecular formula is C19H22N4O2. The van der Waals surface area contributed by atoms with Crippen molar-refractivity contribution in [2.75, 3.05) is 38.1 Å². The van der Waals surface area contributed by atoms with Crippen LogP contribution in [0.15, 0.2) is 48.7 Å². The van der Waals surface area contributed by atoms with E-state index in [4.69, 9.17) is 0 Å². The lowest BCUT2D eigenvalue weighted by molar-refractivity contribution is -0.119. The lowest BCUT2D eigenvalue weighted by atomic mass is 10.2. The lowest BCUT2D eigenvalue weighted by Gasteiger charge is -2.32. The van der Waals surface area contributed by atoms with E-state index >= 15 is 0 Å². The normalized spacial score (nSPS) is 14.3. The molecule has 0 radical (unpaired) electrons. The first-order chi connectivity index (χ1) is 12.2. The number of nitrogens with zero attached hydrogens (tertiary/aromatic N) is 4. The molecule has 0 spiro atoms. The highest BCUT2D eigenvalue weighted by molar-refractivity contribution is 5.93. The zero-order valence-electron chi connectivity index (χ0n) is 14.3. The lowest BCUT2D eigenvalue weighted by Crippen LogP contribution is -2.48. The fourth-order valence-corrected chi connectivity index (χ4v) is 2.91. The first-order valence-electron chi connectivity index (χ1n) is 8.37. The van der Waals surface area contributed by atoms with Gasteiger partial charge in [-0.05, 0) is 17.7 Å². The fraction of sp³-hybridized carbons (Fsp3) is 0.316. The fourth-order valence-electron chi connectivity index (χ4n) is 2.91. The predicted molar refractivity (Wildman–Crippen MR) is 96.3 cm³/mol. The molecule has 0 atom stereocenters. The average molecular weight is 338 g/mol. The topological polar surface area (TPSA) is 56.8 Å². The highest BCUT2D eigenvalue weighted by Gasteiger charge is 2.22. The van der Waals surface area contributed by atoms with Crippen LogP contribution in [-0.2, 0) is 11.3 Å². The summed E-state index contributed by atoms with van der Waals surface area (Å²) in [6.07, 6.45) is 2.50. The van der Waals surface area contributed by atoms with Gasteiger partial charge in [-0.25, -0.2) is 0 Å². The summed E-state index contributed by atoms with van der Waals surface area (Å²) in [4.78, 5) is 33.2. The Kier molecular flexibility index (Phi) is 5.28. The van der Waals surface area contributed by atoms with Gasteiger partial charge in [0.1, 0.15) is 5.69 Å². The van der Waals surface area contributed by atoms with Crippen molar-refractivity contribution in [1.29, 1.82) is 0 Å². The van der Waals surface area contributed by atoms with Gasteiger partial charge in [-0.1, -0.05) is 30.3 Å². The number of pyridine rings is 1. The molecule has 130 valence electrons. The quantitative estimate of drug-likeness (QED) is 0.778. The summed E-state index contributed by atoms with van der Waals surface area (Å²) in [7, 11) is 2.00. The zero-order valence-corrected chi connectivity index (χ0v) is 14.3.